The highest BCUT2D eigenvalue weighted by Crippen LogP contribution is 2.24. The average molecular weight is 290 g/mol. The number of carboxylic acids is 1. The third-order valence-corrected chi connectivity index (χ3v) is 3.83. The number of rotatable bonds is 7. The molecule has 0 spiro atoms. The molecule has 21 heavy (non-hydrogen) atoms. The van der Waals surface area contributed by atoms with Crippen LogP contribution in [0.15, 0.2) is 36.4 Å². The number of ether oxygens (including phenoxy) is 2. The second kappa shape index (κ2) is 7.84. The van der Waals surface area contributed by atoms with Gasteiger partial charge in [0, 0.05) is 0 Å². The van der Waals surface area contributed by atoms with Crippen molar-refractivity contribution in [3.8, 4) is 5.75 Å². The molecule has 0 fully saturated rings. The normalized spacial score (nSPS) is 21.2. The third kappa shape index (κ3) is 4.90. The zero-order valence-electron chi connectivity index (χ0n) is 12.3. The fraction of sp³-hybridized carbons (Fsp3) is 0.471. The maximum atomic E-state index is 10.8. The van der Waals surface area contributed by atoms with Crippen LogP contribution in [-0.2, 0) is 4.74 Å². The van der Waals surface area contributed by atoms with E-state index in [4.69, 9.17) is 14.6 Å². The molecular weight excluding hydrogens is 268 g/mol. The lowest BCUT2D eigenvalue weighted by Crippen LogP contribution is -2.21. The highest BCUT2D eigenvalue weighted by molar-refractivity contribution is 5.87. The summed E-state index contributed by atoms with van der Waals surface area (Å²) in [5.74, 6) is 0.872. The molecule has 0 bridgehead atoms. The second-order valence-corrected chi connectivity index (χ2v) is 5.44. The van der Waals surface area contributed by atoms with Crippen LogP contribution in [0, 0.1) is 11.8 Å². The van der Waals surface area contributed by atoms with Gasteiger partial charge in [-0.05, 0) is 42.9 Å². The van der Waals surface area contributed by atoms with Crippen molar-refractivity contribution in [2.24, 2.45) is 11.8 Å². The molecule has 1 aliphatic rings. The SMILES string of the molecule is CC1CC=CCC1COCCOc1cccc(C(=O)O)c1. The molecule has 0 aromatic heterocycles. The van der Waals surface area contributed by atoms with E-state index >= 15 is 0 Å². The maximum Gasteiger partial charge on any atom is 0.335 e. The molecule has 0 heterocycles. The van der Waals surface area contributed by atoms with E-state index in [2.05, 4.69) is 19.1 Å². The van der Waals surface area contributed by atoms with Crippen molar-refractivity contribution in [2.75, 3.05) is 19.8 Å². The van der Waals surface area contributed by atoms with Gasteiger partial charge in [0.15, 0.2) is 0 Å². The summed E-state index contributed by atoms with van der Waals surface area (Å²) >= 11 is 0. The lowest BCUT2D eigenvalue weighted by Gasteiger charge is -2.24. The summed E-state index contributed by atoms with van der Waals surface area (Å²) in [5.41, 5.74) is 0.233. The molecule has 0 saturated carbocycles. The monoisotopic (exact) mass is 290 g/mol. The van der Waals surface area contributed by atoms with Crippen LogP contribution in [0.5, 0.6) is 5.75 Å². The van der Waals surface area contributed by atoms with E-state index in [1.54, 1.807) is 18.2 Å². The summed E-state index contributed by atoms with van der Waals surface area (Å²) in [7, 11) is 0. The Labute approximate surface area is 125 Å². The van der Waals surface area contributed by atoms with Gasteiger partial charge in [-0.1, -0.05) is 25.1 Å². The fourth-order valence-corrected chi connectivity index (χ4v) is 2.41. The first-order chi connectivity index (χ1) is 10.2. The molecule has 114 valence electrons. The quantitative estimate of drug-likeness (QED) is 0.618. The van der Waals surface area contributed by atoms with Gasteiger partial charge in [0.2, 0.25) is 0 Å². The molecule has 2 unspecified atom stereocenters. The summed E-state index contributed by atoms with van der Waals surface area (Å²) in [4.78, 5) is 10.8. The number of allylic oxidation sites excluding steroid dienone is 2. The number of aromatic carboxylic acids is 1. The predicted molar refractivity (Wildman–Crippen MR) is 80.7 cm³/mol. The van der Waals surface area contributed by atoms with Crippen LogP contribution < -0.4 is 4.74 Å². The molecule has 2 rings (SSSR count). The highest BCUT2D eigenvalue weighted by Gasteiger charge is 2.18. The predicted octanol–water partition coefficient (Wildman–Crippen LogP) is 3.38. The summed E-state index contributed by atoms with van der Waals surface area (Å²) in [6.45, 7) is 3.96. The minimum absolute atomic E-state index is 0.233. The Morgan fingerprint density at radius 1 is 1.29 bits per heavy atom. The van der Waals surface area contributed by atoms with Crippen LogP contribution in [0.3, 0.4) is 0 Å². The Bertz CT molecular complexity index is 495. The van der Waals surface area contributed by atoms with Crippen LogP contribution in [0.1, 0.15) is 30.1 Å². The molecule has 4 nitrogen and oxygen atoms in total. The van der Waals surface area contributed by atoms with Gasteiger partial charge in [-0.2, -0.15) is 0 Å². The van der Waals surface area contributed by atoms with Gasteiger partial charge in [0.1, 0.15) is 12.4 Å². The van der Waals surface area contributed by atoms with E-state index in [0.29, 0.717) is 30.8 Å². The smallest absolute Gasteiger partial charge is 0.335 e. The number of benzene rings is 1. The van der Waals surface area contributed by atoms with E-state index in [0.717, 1.165) is 19.4 Å². The number of carbonyl (C=O) groups is 1. The number of hydrogen-bond acceptors (Lipinski definition) is 3. The van der Waals surface area contributed by atoms with E-state index in [9.17, 15) is 4.79 Å². The Hall–Kier alpha value is -1.81. The second-order valence-electron chi connectivity index (χ2n) is 5.44. The minimum Gasteiger partial charge on any atom is -0.491 e. The largest absolute Gasteiger partial charge is 0.491 e. The van der Waals surface area contributed by atoms with Gasteiger partial charge < -0.3 is 14.6 Å². The first-order valence-electron chi connectivity index (χ1n) is 7.35. The van der Waals surface area contributed by atoms with Crippen molar-refractivity contribution in [3.63, 3.8) is 0 Å². The van der Waals surface area contributed by atoms with Gasteiger partial charge in [0.05, 0.1) is 18.8 Å². The maximum absolute atomic E-state index is 10.8. The lowest BCUT2D eigenvalue weighted by atomic mass is 9.85. The standard InChI is InChI=1S/C17H22O4/c1-13-5-2-3-6-15(13)12-20-9-10-21-16-8-4-7-14(11-16)17(18)19/h2-4,7-8,11,13,15H,5-6,9-10,12H2,1H3,(H,18,19). The van der Waals surface area contributed by atoms with Gasteiger partial charge >= 0.3 is 5.97 Å². The molecule has 1 N–H and O–H groups in total. The van der Waals surface area contributed by atoms with Crippen LogP contribution in [0.25, 0.3) is 0 Å². The molecule has 0 aliphatic heterocycles. The molecule has 1 aliphatic carbocycles. The van der Waals surface area contributed by atoms with Gasteiger partial charge in [0.25, 0.3) is 0 Å². The molecule has 1 aromatic carbocycles. The van der Waals surface area contributed by atoms with Crippen molar-refractivity contribution in [2.45, 2.75) is 19.8 Å². The molecule has 1 aromatic rings. The van der Waals surface area contributed by atoms with Gasteiger partial charge in [-0.25, -0.2) is 4.79 Å². The van der Waals surface area contributed by atoms with Crippen molar-refractivity contribution in [3.05, 3.63) is 42.0 Å². The zero-order valence-corrected chi connectivity index (χ0v) is 12.3. The molecule has 0 radical (unpaired) electrons. The summed E-state index contributed by atoms with van der Waals surface area (Å²) in [5, 5.41) is 8.90. The van der Waals surface area contributed by atoms with Crippen molar-refractivity contribution in [1.82, 2.24) is 0 Å². The first-order valence-corrected chi connectivity index (χ1v) is 7.35. The minimum atomic E-state index is -0.948. The van der Waals surface area contributed by atoms with Gasteiger partial charge in [-0.15, -0.1) is 0 Å². The summed E-state index contributed by atoms with van der Waals surface area (Å²) < 4.78 is 11.2. The van der Waals surface area contributed by atoms with Crippen molar-refractivity contribution < 1.29 is 19.4 Å². The van der Waals surface area contributed by atoms with E-state index in [1.807, 2.05) is 0 Å². The molecule has 0 saturated heterocycles. The highest BCUT2D eigenvalue weighted by atomic mass is 16.5. The Morgan fingerprint density at radius 2 is 2.10 bits per heavy atom. The number of hydrogen-bond donors (Lipinski definition) is 1. The number of carboxylic acid groups (broad SMARTS) is 1. The average Bonchev–Trinajstić information content (AvgIpc) is 2.49. The third-order valence-electron chi connectivity index (χ3n) is 3.83. The van der Waals surface area contributed by atoms with Crippen LogP contribution in [-0.4, -0.2) is 30.9 Å². The zero-order chi connectivity index (χ0) is 15.1. The van der Waals surface area contributed by atoms with Crippen LogP contribution in [0.4, 0.5) is 0 Å². The van der Waals surface area contributed by atoms with Crippen molar-refractivity contribution in [1.29, 1.82) is 0 Å². The fourth-order valence-electron chi connectivity index (χ4n) is 2.41. The van der Waals surface area contributed by atoms with E-state index in [1.165, 1.54) is 6.07 Å². The lowest BCUT2D eigenvalue weighted by molar-refractivity contribution is 0.0585. The van der Waals surface area contributed by atoms with Crippen LogP contribution in [0.2, 0.25) is 0 Å². The topological polar surface area (TPSA) is 55.8 Å². The summed E-state index contributed by atoms with van der Waals surface area (Å²) in [6, 6.07) is 6.50. The van der Waals surface area contributed by atoms with E-state index < -0.39 is 5.97 Å². The molecule has 4 heteroatoms. The first kappa shape index (κ1) is 15.6. The molecular formula is C17H22O4. The van der Waals surface area contributed by atoms with Crippen LogP contribution >= 0.6 is 0 Å². The molecule has 2 atom stereocenters. The van der Waals surface area contributed by atoms with Crippen molar-refractivity contribution >= 4 is 5.97 Å². The molecule has 0 amide bonds. The Morgan fingerprint density at radius 3 is 2.86 bits per heavy atom. The summed E-state index contributed by atoms with van der Waals surface area (Å²) in [6.07, 6.45) is 6.68. The Balaban J connectivity index is 1.67. The van der Waals surface area contributed by atoms with Gasteiger partial charge in [-0.3, -0.25) is 0 Å². The van der Waals surface area contributed by atoms with E-state index in [-0.39, 0.29) is 5.56 Å². The Kier molecular flexibility index (Phi) is 5.81.